The van der Waals surface area contributed by atoms with Gasteiger partial charge < -0.3 is 10.6 Å². The second kappa shape index (κ2) is 4.67. The molecule has 2 rings (SSSR count). The van der Waals surface area contributed by atoms with E-state index in [9.17, 15) is 0 Å². The average molecular weight is 228 g/mol. The minimum atomic E-state index is 0.216. The van der Waals surface area contributed by atoms with E-state index >= 15 is 0 Å². The Labute approximate surface area is 99.0 Å². The third-order valence-electron chi connectivity index (χ3n) is 2.35. The number of nitrogens with two attached hydrogens (primary N) is 1. The van der Waals surface area contributed by atoms with Gasteiger partial charge in [-0.05, 0) is 23.8 Å². The van der Waals surface area contributed by atoms with Crippen LogP contribution in [-0.2, 0) is 0 Å². The highest BCUT2D eigenvalue weighted by Crippen LogP contribution is 2.34. The molecule has 17 heavy (non-hydrogen) atoms. The maximum absolute atomic E-state index is 8.76. The molecule has 0 heterocycles. The molecule has 0 unspecified atom stereocenters. The number of hydrogen-bond acceptors (Lipinski definition) is 4. The van der Waals surface area contributed by atoms with Crippen molar-refractivity contribution in [2.45, 2.75) is 0 Å². The number of para-hydroxylation sites is 1. The summed E-state index contributed by atoms with van der Waals surface area (Å²) in [7, 11) is 0. The monoisotopic (exact) mass is 228 g/mol. The number of nitrogens with zero attached hydrogens (tertiary/aromatic N) is 1. The second-order valence-corrected chi connectivity index (χ2v) is 3.53. The van der Waals surface area contributed by atoms with Crippen molar-refractivity contribution in [1.29, 1.82) is 0 Å². The molecule has 0 atom stereocenters. The lowest BCUT2D eigenvalue weighted by Gasteiger charge is -2.08. The van der Waals surface area contributed by atoms with Gasteiger partial charge in [0, 0.05) is 0 Å². The Kier molecular flexibility index (Phi) is 3.07. The third kappa shape index (κ3) is 2.26. The van der Waals surface area contributed by atoms with Crippen molar-refractivity contribution < 1.29 is 10.1 Å². The Hall–Kier alpha value is -2.33. The first-order valence-electron chi connectivity index (χ1n) is 5.05. The molecular weight excluding hydrogens is 216 g/mol. The van der Waals surface area contributed by atoms with Crippen molar-refractivity contribution >= 4 is 17.1 Å². The van der Waals surface area contributed by atoms with Gasteiger partial charge in [0.15, 0.2) is 5.75 Å². The van der Waals surface area contributed by atoms with E-state index in [-0.39, 0.29) is 5.75 Å². The molecule has 0 bridgehead atoms. The van der Waals surface area contributed by atoms with Crippen LogP contribution in [-0.4, -0.2) is 11.0 Å². The summed E-state index contributed by atoms with van der Waals surface area (Å²) in [5.74, 6) is 0.216. The largest absolute Gasteiger partial charge is 0.397 e. The molecule has 0 saturated carbocycles. The average Bonchev–Trinajstić information content (AvgIpc) is 2.34. The zero-order valence-corrected chi connectivity index (χ0v) is 9.13. The van der Waals surface area contributed by atoms with Gasteiger partial charge in [-0.1, -0.05) is 30.9 Å². The molecule has 1 aliphatic rings. The van der Waals surface area contributed by atoms with Gasteiger partial charge in [-0.15, -0.1) is 0 Å². The highest BCUT2D eigenvalue weighted by Gasteiger charge is 2.09. The Bertz CT molecular complexity index is 542. The van der Waals surface area contributed by atoms with Crippen LogP contribution in [0.25, 0.3) is 0 Å². The smallest absolute Gasteiger partial charge is 0.192 e. The van der Waals surface area contributed by atoms with E-state index in [4.69, 9.17) is 11.0 Å². The molecule has 4 nitrogen and oxygen atoms in total. The van der Waals surface area contributed by atoms with Gasteiger partial charge in [0.1, 0.15) is 5.69 Å². The van der Waals surface area contributed by atoms with Crippen molar-refractivity contribution in [3.05, 3.63) is 54.7 Å². The van der Waals surface area contributed by atoms with Crippen LogP contribution < -0.4 is 10.6 Å². The van der Waals surface area contributed by atoms with Gasteiger partial charge in [0.25, 0.3) is 0 Å². The fraction of sp³-hybridized carbons (Fsp3) is 0. The van der Waals surface area contributed by atoms with Gasteiger partial charge in [0.2, 0.25) is 0 Å². The van der Waals surface area contributed by atoms with Crippen LogP contribution in [0.15, 0.2) is 59.6 Å². The van der Waals surface area contributed by atoms with Gasteiger partial charge >= 0.3 is 0 Å². The van der Waals surface area contributed by atoms with E-state index in [1.54, 1.807) is 18.2 Å². The molecule has 1 aliphatic carbocycles. The highest BCUT2D eigenvalue weighted by molar-refractivity contribution is 6.12. The van der Waals surface area contributed by atoms with E-state index in [1.807, 2.05) is 24.3 Å². The predicted octanol–water partition coefficient (Wildman–Crippen LogP) is 2.88. The van der Waals surface area contributed by atoms with E-state index in [1.165, 1.54) is 0 Å². The molecule has 86 valence electrons. The van der Waals surface area contributed by atoms with Crippen molar-refractivity contribution in [3.8, 4) is 5.75 Å². The van der Waals surface area contributed by atoms with Gasteiger partial charge in [-0.3, -0.25) is 0 Å². The Morgan fingerprint density at radius 2 is 2.00 bits per heavy atom. The van der Waals surface area contributed by atoms with E-state index in [0.29, 0.717) is 17.1 Å². The summed E-state index contributed by atoms with van der Waals surface area (Å²) in [6, 6.07) is 4.95. The number of benzene rings is 1. The quantitative estimate of drug-likeness (QED) is 0.464. The number of allylic oxidation sites excluding steroid dienone is 5. The number of anilines is 1. The summed E-state index contributed by atoms with van der Waals surface area (Å²) in [6.45, 7) is 3.86. The molecule has 0 amide bonds. The summed E-state index contributed by atoms with van der Waals surface area (Å²) in [5, 5.41) is 8.76. The van der Waals surface area contributed by atoms with Crippen LogP contribution in [0.4, 0.5) is 11.4 Å². The molecule has 0 spiro atoms. The molecule has 0 fully saturated rings. The SMILES string of the molecule is C=C1C=CC=CC1=Nc1c(N)cccc1OO. The standard InChI is InChI=1S/C13H12N2O2/c1-9-5-2-3-7-11(9)15-13-10(14)6-4-8-12(13)17-16/h2-8,16H,1,14H2. The fourth-order valence-electron chi connectivity index (χ4n) is 1.47. The Morgan fingerprint density at radius 1 is 1.24 bits per heavy atom. The zero-order chi connectivity index (χ0) is 12.3. The normalized spacial score (nSPS) is 16.5. The molecule has 1 aromatic rings. The van der Waals surface area contributed by atoms with Crippen molar-refractivity contribution in [3.63, 3.8) is 0 Å². The second-order valence-electron chi connectivity index (χ2n) is 3.53. The topological polar surface area (TPSA) is 67.8 Å². The highest BCUT2D eigenvalue weighted by atomic mass is 17.1. The maximum atomic E-state index is 8.76. The summed E-state index contributed by atoms with van der Waals surface area (Å²) in [6.07, 6.45) is 7.39. The Balaban J connectivity index is 2.48. The first kappa shape index (κ1) is 11.2. The molecule has 3 N–H and O–H groups in total. The first-order valence-corrected chi connectivity index (χ1v) is 5.05. The molecule has 0 aliphatic heterocycles. The van der Waals surface area contributed by atoms with Crippen LogP contribution in [0.3, 0.4) is 0 Å². The van der Waals surface area contributed by atoms with Crippen molar-refractivity contribution in [2.75, 3.05) is 5.73 Å². The van der Waals surface area contributed by atoms with Gasteiger partial charge in [-0.2, -0.15) is 0 Å². The molecule has 0 aromatic heterocycles. The zero-order valence-electron chi connectivity index (χ0n) is 9.13. The number of aliphatic imine (C=N–C) groups is 1. The maximum Gasteiger partial charge on any atom is 0.192 e. The van der Waals surface area contributed by atoms with Crippen molar-refractivity contribution in [2.24, 2.45) is 4.99 Å². The van der Waals surface area contributed by atoms with E-state index in [2.05, 4.69) is 16.5 Å². The summed E-state index contributed by atoms with van der Waals surface area (Å²) in [5.41, 5.74) is 8.08. The van der Waals surface area contributed by atoms with E-state index in [0.717, 1.165) is 5.57 Å². The molecule has 0 radical (unpaired) electrons. The van der Waals surface area contributed by atoms with Crippen LogP contribution >= 0.6 is 0 Å². The third-order valence-corrected chi connectivity index (χ3v) is 2.35. The van der Waals surface area contributed by atoms with Crippen LogP contribution in [0, 0.1) is 0 Å². The molecular formula is C13H12N2O2. The lowest BCUT2D eigenvalue weighted by atomic mass is 10.1. The van der Waals surface area contributed by atoms with Crippen LogP contribution in [0.5, 0.6) is 5.75 Å². The fourth-order valence-corrected chi connectivity index (χ4v) is 1.47. The lowest BCUT2D eigenvalue weighted by molar-refractivity contribution is -0.136. The minimum Gasteiger partial charge on any atom is -0.397 e. The van der Waals surface area contributed by atoms with Crippen molar-refractivity contribution in [1.82, 2.24) is 0 Å². The van der Waals surface area contributed by atoms with Crippen LogP contribution in [0.2, 0.25) is 0 Å². The number of rotatable bonds is 2. The molecule has 0 saturated heterocycles. The summed E-state index contributed by atoms with van der Waals surface area (Å²) < 4.78 is 0. The first-order chi connectivity index (χ1) is 8.22. The van der Waals surface area contributed by atoms with E-state index < -0.39 is 0 Å². The Morgan fingerprint density at radius 3 is 2.71 bits per heavy atom. The molecule has 4 heteroatoms. The van der Waals surface area contributed by atoms with Gasteiger partial charge in [0.05, 0.1) is 11.4 Å². The lowest BCUT2D eigenvalue weighted by Crippen LogP contribution is -1.99. The molecule has 1 aromatic carbocycles. The summed E-state index contributed by atoms with van der Waals surface area (Å²) >= 11 is 0. The summed E-state index contributed by atoms with van der Waals surface area (Å²) in [4.78, 5) is 8.58. The number of hydrogen-bond donors (Lipinski definition) is 2. The van der Waals surface area contributed by atoms with Crippen LogP contribution in [0.1, 0.15) is 0 Å². The predicted molar refractivity (Wildman–Crippen MR) is 68.6 cm³/mol. The minimum absolute atomic E-state index is 0.216. The number of nitrogen functional groups attached to an aromatic ring is 1. The van der Waals surface area contributed by atoms with Gasteiger partial charge in [-0.25, -0.2) is 10.2 Å².